The first-order valence-corrected chi connectivity index (χ1v) is 7.88. The first-order chi connectivity index (χ1) is 10.2. The molecule has 1 fully saturated rings. The highest BCUT2D eigenvalue weighted by Crippen LogP contribution is 2.37. The Labute approximate surface area is 125 Å². The SMILES string of the molecule is CCCNc1nc(-c2cncn2C2CC2)nc(CC)c1C. The Morgan fingerprint density at radius 3 is 2.76 bits per heavy atom. The summed E-state index contributed by atoms with van der Waals surface area (Å²) in [5.74, 6) is 1.75. The molecule has 2 heterocycles. The van der Waals surface area contributed by atoms with Gasteiger partial charge < -0.3 is 9.88 Å². The molecule has 0 aromatic carbocycles. The lowest BCUT2D eigenvalue weighted by Gasteiger charge is -2.13. The van der Waals surface area contributed by atoms with Gasteiger partial charge in [-0.1, -0.05) is 13.8 Å². The topological polar surface area (TPSA) is 55.6 Å². The molecule has 0 aliphatic heterocycles. The van der Waals surface area contributed by atoms with Crippen molar-refractivity contribution in [2.75, 3.05) is 11.9 Å². The van der Waals surface area contributed by atoms with Crippen molar-refractivity contribution in [2.45, 2.75) is 52.5 Å². The van der Waals surface area contributed by atoms with Gasteiger partial charge in [0, 0.05) is 23.8 Å². The summed E-state index contributed by atoms with van der Waals surface area (Å²) in [4.78, 5) is 13.8. The zero-order valence-electron chi connectivity index (χ0n) is 13.1. The van der Waals surface area contributed by atoms with Crippen molar-refractivity contribution in [2.24, 2.45) is 0 Å². The van der Waals surface area contributed by atoms with Crippen LogP contribution in [0.5, 0.6) is 0 Å². The van der Waals surface area contributed by atoms with E-state index in [4.69, 9.17) is 9.97 Å². The number of aryl methyl sites for hydroxylation is 1. The Kier molecular flexibility index (Phi) is 3.90. The molecule has 1 N–H and O–H groups in total. The summed E-state index contributed by atoms with van der Waals surface area (Å²) in [6.07, 6.45) is 8.25. The smallest absolute Gasteiger partial charge is 0.180 e. The molecule has 1 aliphatic rings. The van der Waals surface area contributed by atoms with Crippen LogP contribution in [0.25, 0.3) is 11.5 Å². The summed E-state index contributed by atoms with van der Waals surface area (Å²) in [7, 11) is 0. The van der Waals surface area contributed by atoms with Crippen LogP contribution in [0.4, 0.5) is 5.82 Å². The van der Waals surface area contributed by atoms with Crippen LogP contribution in [0.2, 0.25) is 0 Å². The summed E-state index contributed by atoms with van der Waals surface area (Å²) >= 11 is 0. The quantitative estimate of drug-likeness (QED) is 0.884. The van der Waals surface area contributed by atoms with Gasteiger partial charge in [0.15, 0.2) is 5.82 Å². The van der Waals surface area contributed by atoms with E-state index < -0.39 is 0 Å². The molecule has 0 saturated heterocycles. The lowest BCUT2D eigenvalue weighted by Crippen LogP contribution is -2.10. The van der Waals surface area contributed by atoms with Crippen molar-refractivity contribution < 1.29 is 0 Å². The third kappa shape index (κ3) is 2.77. The molecular formula is C16H23N5. The zero-order chi connectivity index (χ0) is 14.8. The first kappa shape index (κ1) is 14.0. The predicted molar refractivity (Wildman–Crippen MR) is 84.4 cm³/mol. The average Bonchev–Trinajstić information content (AvgIpc) is 3.23. The fraction of sp³-hybridized carbons (Fsp3) is 0.562. The van der Waals surface area contributed by atoms with E-state index >= 15 is 0 Å². The number of hydrogen-bond donors (Lipinski definition) is 1. The molecule has 0 bridgehead atoms. The molecule has 112 valence electrons. The monoisotopic (exact) mass is 285 g/mol. The fourth-order valence-electron chi connectivity index (χ4n) is 2.56. The van der Waals surface area contributed by atoms with Crippen LogP contribution in [0.15, 0.2) is 12.5 Å². The number of aromatic nitrogens is 4. The van der Waals surface area contributed by atoms with E-state index in [-0.39, 0.29) is 0 Å². The number of nitrogens with zero attached hydrogens (tertiary/aromatic N) is 4. The van der Waals surface area contributed by atoms with E-state index in [0.717, 1.165) is 48.0 Å². The van der Waals surface area contributed by atoms with Crippen LogP contribution < -0.4 is 5.32 Å². The molecule has 0 unspecified atom stereocenters. The highest BCUT2D eigenvalue weighted by atomic mass is 15.1. The van der Waals surface area contributed by atoms with E-state index in [2.05, 4.69) is 35.6 Å². The van der Waals surface area contributed by atoms with Gasteiger partial charge in [-0.25, -0.2) is 15.0 Å². The molecule has 3 rings (SSSR count). The second-order valence-electron chi connectivity index (χ2n) is 5.67. The summed E-state index contributed by atoms with van der Waals surface area (Å²) in [5.41, 5.74) is 3.31. The van der Waals surface area contributed by atoms with Crippen molar-refractivity contribution in [3.05, 3.63) is 23.8 Å². The number of anilines is 1. The van der Waals surface area contributed by atoms with Gasteiger partial charge in [-0.05, 0) is 32.6 Å². The van der Waals surface area contributed by atoms with Gasteiger partial charge in [0.25, 0.3) is 0 Å². The van der Waals surface area contributed by atoms with Crippen LogP contribution in [0.3, 0.4) is 0 Å². The van der Waals surface area contributed by atoms with E-state index in [1.165, 1.54) is 12.8 Å². The molecule has 0 radical (unpaired) electrons. The highest BCUT2D eigenvalue weighted by molar-refractivity contribution is 5.56. The number of rotatable bonds is 6. The largest absolute Gasteiger partial charge is 0.370 e. The first-order valence-electron chi connectivity index (χ1n) is 7.88. The maximum Gasteiger partial charge on any atom is 0.180 e. The second kappa shape index (κ2) is 5.84. The van der Waals surface area contributed by atoms with Gasteiger partial charge in [0.2, 0.25) is 0 Å². The van der Waals surface area contributed by atoms with Crippen LogP contribution in [-0.4, -0.2) is 26.1 Å². The summed E-state index contributed by atoms with van der Waals surface area (Å²) in [6.45, 7) is 7.33. The lowest BCUT2D eigenvalue weighted by atomic mass is 10.2. The number of nitrogens with one attached hydrogen (secondary N) is 1. The van der Waals surface area contributed by atoms with Gasteiger partial charge in [0.1, 0.15) is 11.5 Å². The van der Waals surface area contributed by atoms with Gasteiger partial charge >= 0.3 is 0 Å². The normalized spacial score (nSPS) is 14.4. The molecular weight excluding hydrogens is 262 g/mol. The predicted octanol–water partition coefficient (Wildman–Crippen LogP) is 3.37. The summed E-state index contributed by atoms with van der Waals surface area (Å²) < 4.78 is 2.22. The van der Waals surface area contributed by atoms with E-state index in [1.807, 2.05) is 12.5 Å². The minimum atomic E-state index is 0.588. The van der Waals surface area contributed by atoms with Crippen molar-refractivity contribution in [1.29, 1.82) is 0 Å². The van der Waals surface area contributed by atoms with Crippen LogP contribution >= 0.6 is 0 Å². The molecule has 21 heavy (non-hydrogen) atoms. The van der Waals surface area contributed by atoms with Gasteiger partial charge in [-0.2, -0.15) is 0 Å². The van der Waals surface area contributed by atoms with Gasteiger partial charge in [-0.15, -0.1) is 0 Å². The van der Waals surface area contributed by atoms with Gasteiger partial charge in [-0.3, -0.25) is 0 Å². The van der Waals surface area contributed by atoms with E-state index in [1.54, 1.807) is 0 Å². The minimum absolute atomic E-state index is 0.588. The van der Waals surface area contributed by atoms with E-state index in [0.29, 0.717) is 6.04 Å². The maximum atomic E-state index is 4.76. The maximum absolute atomic E-state index is 4.76. The number of hydrogen-bond acceptors (Lipinski definition) is 4. The van der Waals surface area contributed by atoms with Crippen molar-refractivity contribution >= 4 is 5.82 Å². The van der Waals surface area contributed by atoms with Crippen molar-refractivity contribution in [3.63, 3.8) is 0 Å². The van der Waals surface area contributed by atoms with E-state index in [9.17, 15) is 0 Å². The highest BCUT2D eigenvalue weighted by Gasteiger charge is 2.26. The third-order valence-corrected chi connectivity index (χ3v) is 3.96. The minimum Gasteiger partial charge on any atom is -0.370 e. The lowest BCUT2D eigenvalue weighted by molar-refractivity contribution is 0.742. The fourth-order valence-corrected chi connectivity index (χ4v) is 2.56. The average molecular weight is 285 g/mol. The van der Waals surface area contributed by atoms with Crippen molar-refractivity contribution in [3.8, 4) is 11.5 Å². The molecule has 1 aliphatic carbocycles. The molecule has 2 aromatic heterocycles. The van der Waals surface area contributed by atoms with Crippen LogP contribution in [0.1, 0.15) is 50.4 Å². The van der Waals surface area contributed by atoms with Crippen LogP contribution in [-0.2, 0) is 6.42 Å². The van der Waals surface area contributed by atoms with Crippen molar-refractivity contribution in [1.82, 2.24) is 19.5 Å². The molecule has 5 nitrogen and oxygen atoms in total. The molecule has 1 saturated carbocycles. The second-order valence-corrected chi connectivity index (χ2v) is 5.67. The third-order valence-electron chi connectivity index (χ3n) is 3.96. The standard InChI is InChI=1S/C16H23N5/c1-4-8-18-15-11(3)13(5-2)19-16(20-15)14-9-17-10-21(14)12-6-7-12/h9-10,12H,4-8H2,1-3H3,(H,18,19,20). The Morgan fingerprint density at radius 1 is 1.29 bits per heavy atom. The molecule has 0 amide bonds. The van der Waals surface area contributed by atoms with Crippen LogP contribution in [0, 0.1) is 6.92 Å². The Balaban J connectivity index is 2.02. The molecule has 5 heteroatoms. The summed E-state index contributed by atoms with van der Waals surface area (Å²) in [6, 6.07) is 0.588. The van der Waals surface area contributed by atoms with Gasteiger partial charge in [0.05, 0.1) is 12.5 Å². The zero-order valence-corrected chi connectivity index (χ0v) is 13.1. The molecule has 2 aromatic rings. The molecule has 0 spiro atoms. The Bertz CT molecular complexity index is 628. The summed E-state index contributed by atoms with van der Waals surface area (Å²) in [5, 5.41) is 3.42. The molecule has 0 atom stereocenters. The Hall–Kier alpha value is -1.91. The Morgan fingerprint density at radius 2 is 2.10 bits per heavy atom. The number of imidazole rings is 1.